The Labute approximate surface area is 230 Å². The number of nitrogens with one attached hydrogen (secondary N) is 3. The standard InChI is InChI=1S/C26H34N4O8S/c1-39-11-10-20(24(35)30-22(14-31)26(37)38)28-25(36)21(13-16-4-8-18(33)9-5-16)29-23(34)19(27)12-15-2-6-17(32)7-3-15/h2-9,19-22,31-33H,10-14,27H2,1H3,(H,28,36)(H,29,34)(H,30,35)(H,37,38). The molecule has 212 valence electrons. The minimum atomic E-state index is -1.54. The van der Waals surface area contributed by atoms with Crippen LogP contribution in [0.1, 0.15) is 17.5 Å². The highest BCUT2D eigenvalue weighted by atomic mass is 32.2. The maximum atomic E-state index is 13.3. The summed E-state index contributed by atoms with van der Waals surface area (Å²) in [6.45, 7) is -0.831. The van der Waals surface area contributed by atoms with Gasteiger partial charge in [-0.3, -0.25) is 14.4 Å². The number of carbonyl (C=O) groups excluding carboxylic acids is 3. The summed E-state index contributed by atoms with van der Waals surface area (Å²) in [6, 6.07) is 7.31. The van der Waals surface area contributed by atoms with Gasteiger partial charge < -0.3 is 42.1 Å². The molecule has 0 aliphatic carbocycles. The zero-order chi connectivity index (χ0) is 28.9. The predicted molar refractivity (Wildman–Crippen MR) is 145 cm³/mol. The first-order chi connectivity index (χ1) is 18.5. The number of nitrogens with two attached hydrogens (primary N) is 1. The molecule has 0 heterocycles. The van der Waals surface area contributed by atoms with Crippen molar-refractivity contribution in [3.05, 3.63) is 59.7 Å². The second kappa shape index (κ2) is 15.6. The van der Waals surface area contributed by atoms with Crippen molar-refractivity contribution >= 4 is 35.5 Å². The molecule has 2 rings (SSSR count). The number of carboxylic acids is 1. The van der Waals surface area contributed by atoms with Crippen LogP contribution in [0.3, 0.4) is 0 Å². The van der Waals surface area contributed by atoms with Gasteiger partial charge in [0.15, 0.2) is 0 Å². The molecule has 0 fully saturated rings. The number of thioether (sulfide) groups is 1. The third kappa shape index (κ3) is 10.5. The first kappa shape index (κ1) is 31.4. The normalized spacial score (nSPS) is 13.9. The molecule has 39 heavy (non-hydrogen) atoms. The molecule has 0 aromatic heterocycles. The van der Waals surface area contributed by atoms with Gasteiger partial charge >= 0.3 is 5.97 Å². The summed E-state index contributed by atoms with van der Waals surface area (Å²) in [6.07, 6.45) is 2.11. The van der Waals surface area contributed by atoms with Crippen LogP contribution in [0.25, 0.3) is 0 Å². The lowest BCUT2D eigenvalue weighted by molar-refractivity contribution is -0.143. The number of phenolic OH excluding ortho intramolecular Hbond substituents is 2. The predicted octanol–water partition coefficient (Wildman–Crippen LogP) is -0.505. The first-order valence-electron chi connectivity index (χ1n) is 12.1. The van der Waals surface area contributed by atoms with E-state index in [4.69, 9.17) is 10.8 Å². The van der Waals surface area contributed by atoms with Gasteiger partial charge in [-0.15, -0.1) is 0 Å². The molecule has 2 aromatic rings. The van der Waals surface area contributed by atoms with Gasteiger partial charge in [-0.1, -0.05) is 24.3 Å². The Balaban J connectivity index is 2.21. The first-order valence-corrected chi connectivity index (χ1v) is 13.5. The van der Waals surface area contributed by atoms with Crippen molar-refractivity contribution in [2.24, 2.45) is 5.73 Å². The van der Waals surface area contributed by atoms with Crippen LogP contribution in [0.2, 0.25) is 0 Å². The quantitative estimate of drug-likeness (QED) is 0.139. The maximum absolute atomic E-state index is 13.3. The molecule has 0 saturated heterocycles. The lowest BCUT2D eigenvalue weighted by Crippen LogP contribution is -2.58. The number of aliphatic hydroxyl groups is 1. The highest BCUT2D eigenvalue weighted by molar-refractivity contribution is 7.98. The van der Waals surface area contributed by atoms with Crippen LogP contribution >= 0.6 is 11.8 Å². The van der Waals surface area contributed by atoms with Crippen molar-refractivity contribution in [2.75, 3.05) is 18.6 Å². The molecule has 0 aliphatic rings. The second-order valence-corrected chi connectivity index (χ2v) is 9.82. The van der Waals surface area contributed by atoms with Crippen molar-refractivity contribution in [3.8, 4) is 11.5 Å². The fourth-order valence-electron chi connectivity index (χ4n) is 3.57. The molecule has 12 nitrogen and oxygen atoms in total. The number of carboxylic acid groups (broad SMARTS) is 1. The molecular weight excluding hydrogens is 528 g/mol. The van der Waals surface area contributed by atoms with Crippen molar-refractivity contribution < 1.29 is 39.6 Å². The summed E-state index contributed by atoms with van der Waals surface area (Å²) in [5.74, 6) is -3.01. The van der Waals surface area contributed by atoms with Crippen molar-refractivity contribution in [1.82, 2.24) is 16.0 Å². The Kier molecular flexibility index (Phi) is 12.5. The van der Waals surface area contributed by atoms with Gasteiger partial charge in [-0.25, -0.2) is 4.79 Å². The van der Waals surface area contributed by atoms with E-state index >= 15 is 0 Å². The van der Waals surface area contributed by atoms with Crippen LogP contribution in [0.15, 0.2) is 48.5 Å². The van der Waals surface area contributed by atoms with Crippen LogP contribution in [0, 0.1) is 0 Å². The summed E-state index contributed by atoms with van der Waals surface area (Å²) < 4.78 is 0. The third-order valence-corrected chi connectivity index (χ3v) is 6.42. The summed E-state index contributed by atoms with van der Waals surface area (Å²) in [7, 11) is 0. The molecular formula is C26H34N4O8S. The van der Waals surface area contributed by atoms with Gasteiger partial charge in [0.1, 0.15) is 29.6 Å². The Morgan fingerprint density at radius 1 is 0.769 bits per heavy atom. The van der Waals surface area contributed by atoms with Crippen LogP contribution in [0.4, 0.5) is 0 Å². The van der Waals surface area contributed by atoms with Gasteiger partial charge in [0.2, 0.25) is 17.7 Å². The molecule has 0 bridgehead atoms. The maximum Gasteiger partial charge on any atom is 0.328 e. The highest BCUT2D eigenvalue weighted by Gasteiger charge is 2.30. The third-order valence-electron chi connectivity index (χ3n) is 5.78. The van der Waals surface area contributed by atoms with E-state index in [9.17, 15) is 34.5 Å². The van der Waals surface area contributed by atoms with Gasteiger partial charge in [-0.2, -0.15) is 11.8 Å². The number of hydrogen-bond donors (Lipinski definition) is 8. The molecule has 0 aliphatic heterocycles. The summed E-state index contributed by atoms with van der Waals surface area (Å²) in [4.78, 5) is 50.3. The molecule has 0 saturated carbocycles. The van der Waals surface area contributed by atoms with Gasteiger partial charge in [-0.05, 0) is 60.2 Å². The van der Waals surface area contributed by atoms with Crippen LogP contribution in [-0.4, -0.2) is 86.9 Å². The van der Waals surface area contributed by atoms with Crippen molar-refractivity contribution in [2.45, 2.75) is 43.4 Å². The van der Waals surface area contributed by atoms with E-state index < -0.39 is 54.5 Å². The monoisotopic (exact) mass is 562 g/mol. The van der Waals surface area contributed by atoms with Crippen LogP contribution < -0.4 is 21.7 Å². The fraction of sp³-hybridized carbons (Fsp3) is 0.385. The van der Waals surface area contributed by atoms with E-state index in [-0.39, 0.29) is 30.8 Å². The zero-order valence-corrected chi connectivity index (χ0v) is 22.2. The Morgan fingerprint density at radius 3 is 1.72 bits per heavy atom. The summed E-state index contributed by atoms with van der Waals surface area (Å²) in [5.41, 5.74) is 7.38. The number of rotatable bonds is 15. The molecule has 4 atom stereocenters. The van der Waals surface area contributed by atoms with E-state index in [1.54, 1.807) is 30.5 Å². The molecule has 13 heteroatoms. The van der Waals surface area contributed by atoms with Gasteiger partial charge in [0, 0.05) is 6.42 Å². The largest absolute Gasteiger partial charge is 0.508 e. The average Bonchev–Trinajstić information content (AvgIpc) is 2.91. The second-order valence-electron chi connectivity index (χ2n) is 8.83. The molecule has 9 N–H and O–H groups in total. The number of hydrogen-bond acceptors (Lipinski definition) is 9. The number of phenols is 2. The summed E-state index contributed by atoms with van der Waals surface area (Å²) in [5, 5.41) is 44.8. The van der Waals surface area contributed by atoms with E-state index in [1.165, 1.54) is 36.0 Å². The van der Waals surface area contributed by atoms with Gasteiger partial charge in [0.25, 0.3) is 0 Å². The molecule has 4 unspecified atom stereocenters. The number of aliphatic hydroxyl groups excluding tert-OH is 1. The number of benzene rings is 2. The van der Waals surface area contributed by atoms with Gasteiger partial charge in [0.05, 0.1) is 12.6 Å². The van der Waals surface area contributed by atoms with Crippen LogP contribution in [-0.2, 0) is 32.0 Å². The Hall–Kier alpha value is -3.81. The minimum Gasteiger partial charge on any atom is -0.508 e. The number of aromatic hydroxyl groups is 2. The highest BCUT2D eigenvalue weighted by Crippen LogP contribution is 2.13. The average molecular weight is 563 g/mol. The number of carbonyl (C=O) groups is 4. The van der Waals surface area contributed by atoms with Crippen molar-refractivity contribution in [3.63, 3.8) is 0 Å². The Morgan fingerprint density at radius 2 is 1.23 bits per heavy atom. The molecule has 2 aromatic carbocycles. The SMILES string of the molecule is CSCCC(NC(=O)C(Cc1ccc(O)cc1)NC(=O)C(N)Cc1ccc(O)cc1)C(=O)NC(CO)C(=O)O. The minimum absolute atomic E-state index is 0.00897. The van der Waals surface area contributed by atoms with Crippen LogP contribution in [0.5, 0.6) is 11.5 Å². The lowest BCUT2D eigenvalue weighted by Gasteiger charge is -2.25. The number of amides is 3. The van der Waals surface area contributed by atoms with E-state index in [0.29, 0.717) is 16.9 Å². The molecule has 0 spiro atoms. The van der Waals surface area contributed by atoms with E-state index in [0.717, 1.165) is 0 Å². The number of aliphatic carboxylic acids is 1. The lowest BCUT2D eigenvalue weighted by atomic mass is 10.0. The van der Waals surface area contributed by atoms with Crippen molar-refractivity contribution in [1.29, 1.82) is 0 Å². The smallest absolute Gasteiger partial charge is 0.328 e. The summed E-state index contributed by atoms with van der Waals surface area (Å²) >= 11 is 1.41. The fourth-order valence-corrected chi connectivity index (χ4v) is 4.04. The van der Waals surface area contributed by atoms with E-state index in [2.05, 4.69) is 16.0 Å². The molecule has 0 radical (unpaired) electrons. The zero-order valence-electron chi connectivity index (χ0n) is 21.4. The molecule has 3 amide bonds. The van der Waals surface area contributed by atoms with E-state index in [1.807, 2.05) is 0 Å². The Bertz CT molecular complexity index is 1110. The topological polar surface area (TPSA) is 211 Å².